The molecule has 7 aromatic rings. The fraction of sp³-hybridized carbons (Fsp3) is 0.290. The Morgan fingerprint density at radius 3 is 1.65 bits per heavy atom. The van der Waals surface area contributed by atoms with Crippen molar-refractivity contribution in [2.45, 2.75) is 83.2 Å². The Kier molecular flexibility index (Phi) is 14.3. The number of esters is 1. The van der Waals surface area contributed by atoms with Gasteiger partial charge in [0.25, 0.3) is 0 Å². The van der Waals surface area contributed by atoms with E-state index in [1.807, 2.05) is 109 Å². The molecule has 1 saturated carbocycles. The smallest absolute Gasteiger partial charge is 0.306 e. The van der Waals surface area contributed by atoms with Crippen molar-refractivity contribution in [2.24, 2.45) is 20.5 Å². The van der Waals surface area contributed by atoms with E-state index in [-0.39, 0.29) is 36.2 Å². The summed E-state index contributed by atoms with van der Waals surface area (Å²) in [6.07, 6.45) is 12.5. The van der Waals surface area contributed by atoms with Gasteiger partial charge in [0, 0.05) is 98.2 Å². The summed E-state index contributed by atoms with van der Waals surface area (Å²) in [7, 11) is 4.35. The topological polar surface area (TPSA) is 130 Å². The summed E-state index contributed by atoms with van der Waals surface area (Å²) in [4.78, 5) is 33.9. The molecule has 2 fully saturated rings. The first-order valence-corrected chi connectivity index (χ1v) is 28.7. The van der Waals surface area contributed by atoms with Crippen LogP contribution in [-0.4, -0.2) is 79.6 Å². The zero-order chi connectivity index (χ0) is 56.8. The molecule has 1 aliphatic carbocycles. The van der Waals surface area contributed by atoms with Crippen LogP contribution in [-0.2, 0) is 25.2 Å². The van der Waals surface area contributed by atoms with E-state index in [0.29, 0.717) is 31.9 Å². The van der Waals surface area contributed by atoms with Gasteiger partial charge in [0.15, 0.2) is 13.1 Å². The zero-order valence-corrected chi connectivity index (χ0v) is 48.0. The van der Waals surface area contributed by atoms with Crippen LogP contribution in [0, 0.1) is 0 Å². The highest BCUT2D eigenvalue weighted by Crippen LogP contribution is 2.49. The second-order valence-corrected chi connectivity index (χ2v) is 23.4. The fourth-order valence-corrected chi connectivity index (χ4v) is 13.0. The van der Waals surface area contributed by atoms with E-state index >= 15 is 0 Å². The number of para-hydroxylation sites is 2. The Bertz CT molecular complexity index is 3800. The van der Waals surface area contributed by atoms with Crippen LogP contribution in [0.1, 0.15) is 77.8 Å². The van der Waals surface area contributed by atoms with Gasteiger partial charge in [-0.25, -0.2) is 4.58 Å². The Morgan fingerprint density at radius 1 is 0.561 bits per heavy atom. The fourth-order valence-electron chi connectivity index (χ4n) is 13.0. The van der Waals surface area contributed by atoms with Gasteiger partial charge in [-0.2, -0.15) is 5.11 Å². The minimum absolute atomic E-state index is 0.00469. The molecule has 13 heteroatoms. The van der Waals surface area contributed by atoms with Crippen LogP contribution >= 0.6 is 0 Å². The number of carbonyl (C=O) groups is 2. The predicted molar refractivity (Wildman–Crippen MR) is 332 cm³/mol. The molecule has 0 bridgehead atoms. The molecule has 12 rings (SSSR count). The van der Waals surface area contributed by atoms with Crippen LogP contribution in [0.15, 0.2) is 213 Å². The Hall–Kier alpha value is -8.97. The van der Waals surface area contributed by atoms with Crippen molar-refractivity contribution in [3.63, 3.8) is 0 Å². The van der Waals surface area contributed by atoms with E-state index in [9.17, 15) is 9.59 Å². The van der Waals surface area contributed by atoms with Crippen molar-refractivity contribution in [2.75, 3.05) is 67.3 Å². The van der Waals surface area contributed by atoms with Crippen LogP contribution in [0.5, 0.6) is 0 Å². The first-order valence-electron chi connectivity index (χ1n) is 28.7. The van der Waals surface area contributed by atoms with Gasteiger partial charge in [0.1, 0.15) is 12.3 Å². The summed E-state index contributed by atoms with van der Waals surface area (Å²) in [5, 5.41) is 29.4. The highest BCUT2D eigenvalue weighted by atomic mass is 16.5. The van der Waals surface area contributed by atoms with Crippen LogP contribution in [0.3, 0.4) is 0 Å². The average Bonchev–Trinajstić information content (AvgIpc) is 3.08. The second-order valence-electron chi connectivity index (χ2n) is 23.4. The number of likely N-dealkylation sites (N-methyl/N-ethyl adjacent to an activating group) is 2. The van der Waals surface area contributed by atoms with Gasteiger partial charge in [0.05, 0.1) is 42.3 Å². The van der Waals surface area contributed by atoms with Gasteiger partial charge in [-0.1, -0.05) is 131 Å². The highest BCUT2D eigenvalue weighted by Gasteiger charge is 2.40. The minimum atomic E-state index is -0.814. The first-order chi connectivity index (χ1) is 39.7. The third-order valence-corrected chi connectivity index (χ3v) is 17.3. The number of hydrogen-bond donors (Lipinski definition) is 2. The summed E-state index contributed by atoms with van der Waals surface area (Å²) in [5.74, 6) is -0.451. The number of rotatable bonds is 11. The van der Waals surface area contributed by atoms with Crippen molar-refractivity contribution in [3.8, 4) is 0 Å². The molecule has 1 unspecified atom stereocenters. The van der Waals surface area contributed by atoms with E-state index in [0.717, 1.165) is 69.2 Å². The maximum atomic E-state index is 13.9. The van der Waals surface area contributed by atoms with Crippen LogP contribution < -0.4 is 20.4 Å². The van der Waals surface area contributed by atoms with E-state index in [1.54, 1.807) is 0 Å². The number of amides is 1. The molecule has 0 spiro atoms. The highest BCUT2D eigenvalue weighted by molar-refractivity contribution is 6.11. The number of ether oxygens (including phenoxy) is 1. The molecular formula is C69H71N10O3+. The standard InChI is InChI=1S/C69H71N10O3/c1-67(2)52-26-13-15-29-59(52)76(6)61(67)37-31-46-19-17-20-47(32-38-62-68(3,4)53-27-14-16-30-60(53)77(62)7)66(46)79-43-41-78(42-44-79)63(80)39-40-64(81)82-45-69(5)70-57-28-18-25-51-56(35-36-58(71-69)65(51)57)75-74-55-34-33-54(49-23-11-12-24-50(49)55)73-72-48-21-9-8-10-22-48/h8-16,18,21-38,70-71H,17,19-20,39-45H2,1-7H3/q+1. The van der Waals surface area contributed by atoms with Gasteiger partial charge >= 0.3 is 5.97 Å². The molecule has 13 nitrogen and oxygen atoms in total. The van der Waals surface area contributed by atoms with Crippen LogP contribution in [0.25, 0.3) is 21.5 Å². The molecule has 1 atom stereocenters. The number of nitrogens with one attached hydrogen (secondary N) is 2. The molecule has 4 heterocycles. The third-order valence-electron chi connectivity index (χ3n) is 17.3. The van der Waals surface area contributed by atoms with Gasteiger partial charge in [-0.05, 0) is 104 Å². The van der Waals surface area contributed by atoms with E-state index in [1.165, 1.54) is 50.8 Å². The SMILES string of the molecule is CN1/C(=C\C=C2/CCC/C(=C\C=C3\N(C)c4ccccc4C3(C)C)C2=[N+]2CCN(C(=O)CCC(=O)OCC3(C)Nc4cccc5c(N=Nc6ccc(N=Nc7ccccc7)c7ccccc67)ccc(c45)N3)CC2)C(C)(C)c2ccccc21. The number of nitrogens with zero attached hydrogens (tertiary/aromatic N) is 8. The number of benzene rings is 7. The quantitative estimate of drug-likeness (QED) is 0.0750. The van der Waals surface area contributed by atoms with Gasteiger partial charge < -0.3 is 30.1 Å². The molecule has 4 aliphatic heterocycles. The number of piperazine rings is 1. The van der Waals surface area contributed by atoms with Crippen molar-refractivity contribution in [1.82, 2.24) is 4.90 Å². The summed E-state index contributed by atoms with van der Waals surface area (Å²) in [6.45, 7) is 13.8. The summed E-state index contributed by atoms with van der Waals surface area (Å²) < 4.78 is 8.42. The summed E-state index contributed by atoms with van der Waals surface area (Å²) in [5.41, 5.74) is 15.3. The minimum Gasteiger partial charge on any atom is -0.461 e. The molecule has 7 aromatic carbocycles. The summed E-state index contributed by atoms with van der Waals surface area (Å²) in [6, 6.07) is 48.9. The van der Waals surface area contributed by atoms with Crippen molar-refractivity contribution in [1.29, 1.82) is 0 Å². The molecule has 82 heavy (non-hydrogen) atoms. The van der Waals surface area contributed by atoms with E-state index < -0.39 is 11.6 Å². The monoisotopic (exact) mass is 1090 g/mol. The van der Waals surface area contributed by atoms with Crippen molar-refractivity contribution < 1.29 is 18.9 Å². The largest absolute Gasteiger partial charge is 0.461 e. The molecule has 1 saturated heterocycles. The number of azo groups is 2. The Balaban J connectivity index is 0.703. The number of allylic oxidation sites excluding steroid dienone is 8. The van der Waals surface area contributed by atoms with Gasteiger partial charge in [-0.3, -0.25) is 9.59 Å². The number of fused-ring (bicyclic) bond motifs is 3. The Morgan fingerprint density at radius 2 is 1.06 bits per heavy atom. The maximum Gasteiger partial charge on any atom is 0.306 e. The molecule has 2 N–H and O–H groups in total. The zero-order valence-electron chi connectivity index (χ0n) is 48.0. The van der Waals surface area contributed by atoms with Crippen molar-refractivity contribution >= 4 is 84.6 Å². The normalized spacial score (nSPS) is 21.1. The lowest BCUT2D eigenvalue weighted by atomic mass is 9.82. The van der Waals surface area contributed by atoms with E-state index in [2.05, 4.69) is 150 Å². The van der Waals surface area contributed by atoms with Crippen LogP contribution in [0.2, 0.25) is 0 Å². The molecular weight excluding hydrogens is 1020 g/mol. The maximum absolute atomic E-state index is 13.9. The Labute approximate surface area is 480 Å². The number of hydrogen-bond acceptors (Lipinski definition) is 11. The molecule has 5 aliphatic rings. The predicted octanol–water partition coefficient (Wildman–Crippen LogP) is 15.7. The molecule has 0 aromatic heterocycles. The first kappa shape index (κ1) is 53.7. The second kappa shape index (κ2) is 21.8. The molecule has 414 valence electrons. The van der Waals surface area contributed by atoms with Gasteiger partial charge in [-0.15, -0.1) is 15.3 Å². The van der Waals surface area contributed by atoms with Gasteiger partial charge in [0.2, 0.25) is 11.6 Å². The number of anilines is 4. The lowest BCUT2D eigenvalue weighted by Gasteiger charge is -2.38. The number of carbonyl (C=O) groups excluding carboxylic acids is 2. The van der Waals surface area contributed by atoms with E-state index in [4.69, 9.17) is 15.0 Å². The van der Waals surface area contributed by atoms with Crippen molar-refractivity contribution in [3.05, 3.63) is 204 Å². The molecule has 0 radical (unpaired) electrons. The lowest BCUT2D eigenvalue weighted by Crippen LogP contribution is -2.49. The third kappa shape index (κ3) is 10.2. The molecule has 1 amide bonds. The summed E-state index contributed by atoms with van der Waals surface area (Å²) >= 11 is 0. The van der Waals surface area contributed by atoms with Crippen LogP contribution in [0.4, 0.5) is 45.5 Å². The average molecular weight is 1090 g/mol. The lowest BCUT2D eigenvalue weighted by molar-refractivity contribution is -0.537.